The largest absolute Gasteiger partial charge is 0.405 e. The van der Waals surface area contributed by atoms with E-state index in [4.69, 9.17) is 0 Å². The summed E-state index contributed by atoms with van der Waals surface area (Å²) in [4.78, 5) is 11.5. The Bertz CT molecular complexity index is 514. The van der Waals surface area contributed by atoms with Gasteiger partial charge in [0.2, 0.25) is 5.91 Å². The summed E-state index contributed by atoms with van der Waals surface area (Å²) in [5.74, 6) is -0.359. The first-order valence-electron chi connectivity index (χ1n) is 7.39. The van der Waals surface area contributed by atoms with E-state index < -0.39 is 17.8 Å². The van der Waals surface area contributed by atoms with E-state index in [-0.39, 0.29) is 18.7 Å². The first kappa shape index (κ1) is 16.8. The van der Waals surface area contributed by atoms with E-state index in [9.17, 15) is 18.0 Å². The van der Waals surface area contributed by atoms with Crippen LogP contribution in [0.15, 0.2) is 30.3 Å². The van der Waals surface area contributed by atoms with Gasteiger partial charge < -0.3 is 0 Å². The van der Waals surface area contributed by atoms with E-state index in [1.54, 1.807) is 13.8 Å². The molecular formula is C16H21F3N2O. The van der Waals surface area contributed by atoms with Gasteiger partial charge in [0, 0.05) is 12.0 Å². The Balaban J connectivity index is 2.03. The topological polar surface area (TPSA) is 32.3 Å². The molecule has 0 bridgehead atoms. The quantitative estimate of drug-likeness (QED) is 0.903. The van der Waals surface area contributed by atoms with Crippen molar-refractivity contribution in [3.63, 3.8) is 0 Å². The van der Waals surface area contributed by atoms with Crippen LogP contribution in [0.1, 0.15) is 38.7 Å². The molecule has 122 valence electrons. The number of nitrogens with one attached hydrogen (secondary N) is 1. The van der Waals surface area contributed by atoms with Crippen LogP contribution in [0.5, 0.6) is 0 Å². The molecule has 1 aliphatic heterocycles. The highest BCUT2D eigenvalue weighted by Crippen LogP contribution is 2.35. The number of benzene rings is 1. The SMILES string of the molecule is CC1(C)CC(=O)NN1C(CCCc1ccccc1)C(F)(F)F. The maximum atomic E-state index is 13.4. The zero-order chi connectivity index (χ0) is 16.4. The molecule has 0 aromatic heterocycles. The van der Waals surface area contributed by atoms with Crippen LogP contribution in [-0.2, 0) is 11.2 Å². The zero-order valence-corrected chi connectivity index (χ0v) is 12.8. The van der Waals surface area contributed by atoms with E-state index in [2.05, 4.69) is 5.43 Å². The van der Waals surface area contributed by atoms with E-state index in [0.717, 1.165) is 10.6 Å². The first-order valence-corrected chi connectivity index (χ1v) is 7.39. The van der Waals surface area contributed by atoms with Gasteiger partial charge in [-0.25, -0.2) is 5.01 Å². The molecular weight excluding hydrogens is 293 g/mol. The van der Waals surface area contributed by atoms with Gasteiger partial charge in [0.25, 0.3) is 0 Å². The lowest BCUT2D eigenvalue weighted by Gasteiger charge is -2.37. The third-order valence-electron chi connectivity index (χ3n) is 3.97. The molecule has 1 N–H and O–H groups in total. The molecule has 0 spiro atoms. The average Bonchev–Trinajstić information content (AvgIpc) is 2.67. The zero-order valence-electron chi connectivity index (χ0n) is 12.8. The average molecular weight is 314 g/mol. The number of halogens is 3. The van der Waals surface area contributed by atoms with Crippen molar-refractivity contribution in [1.82, 2.24) is 10.4 Å². The molecule has 1 aromatic carbocycles. The molecule has 0 aliphatic carbocycles. The lowest BCUT2D eigenvalue weighted by Crippen LogP contribution is -2.56. The van der Waals surface area contributed by atoms with Gasteiger partial charge in [-0.15, -0.1) is 0 Å². The number of rotatable bonds is 5. The molecule has 2 rings (SSSR count). The molecule has 1 aliphatic rings. The number of amides is 1. The lowest BCUT2D eigenvalue weighted by molar-refractivity contribution is -0.202. The maximum absolute atomic E-state index is 13.4. The molecule has 6 heteroatoms. The number of hydrazine groups is 1. The second kappa shape index (κ2) is 6.28. The first-order chi connectivity index (χ1) is 10.2. The minimum Gasteiger partial charge on any atom is -0.288 e. The van der Waals surface area contributed by atoms with Crippen LogP contribution < -0.4 is 5.43 Å². The minimum absolute atomic E-state index is 0.0396. The number of aryl methyl sites for hydroxylation is 1. The van der Waals surface area contributed by atoms with Gasteiger partial charge in [-0.05, 0) is 38.7 Å². The summed E-state index contributed by atoms with van der Waals surface area (Å²) in [5, 5.41) is 1.08. The molecule has 22 heavy (non-hydrogen) atoms. The van der Waals surface area contributed by atoms with Gasteiger partial charge in [0.05, 0.1) is 0 Å². The van der Waals surface area contributed by atoms with E-state index in [0.29, 0.717) is 12.8 Å². The summed E-state index contributed by atoms with van der Waals surface area (Å²) in [6, 6.07) is 7.79. The standard InChI is InChI=1S/C16H21F3N2O/c1-15(2)11-14(22)20-21(15)13(16(17,18)19)10-6-9-12-7-4-3-5-8-12/h3-5,7-8,13H,6,9-11H2,1-2H3,(H,20,22). The summed E-state index contributed by atoms with van der Waals surface area (Å²) in [5.41, 5.74) is 2.57. The highest BCUT2D eigenvalue weighted by molar-refractivity contribution is 5.78. The molecule has 1 heterocycles. The lowest BCUT2D eigenvalue weighted by atomic mass is 9.97. The molecule has 0 radical (unpaired) electrons. The predicted octanol–water partition coefficient (Wildman–Crippen LogP) is 3.46. The Morgan fingerprint density at radius 2 is 1.91 bits per heavy atom. The fourth-order valence-corrected chi connectivity index (χ4v) is 2.89. The number of carbonyl (C=O) groups excluding carboxylic acids is 1. The van der Waals surface area contributed by atoms with Crippen molar-refractivity contribution in [2.45, 2.75) is 57.3 Å². The van der Waals surface area contributed by atoms with Gasteiger partial charge in [-0.1, -0.05) is 30.3 Å². The highest BCUT2D eigenvalue weighted by Gasteiger charge is 2.51. The van der Waals surface area contributed by atoms with Gasteiger partial charge in [0.15, 0.2) is 0 Å². The van der Waals surface area contributed by atoms with E-state index in [1.807, 2.05) is 30.3 Å². The van der Waals surface area contributed by atoms with Crippen LogP contribution in [0, 0.1) is 0 Å². The number of carbonyl (C=O) groups is 1. The molecule has 1 amide bonds. The van der Waals surface area contributed by atoms with Crippen molar-refractivity contribution in [3.05, 3.63) is 35.9 Å². The van der Waals surface area contributed by atoms with Crippen molar-refractivity contribution in [1.29, 1.82) is 0 Å². The van der Waals surface area contributed by atoms with Gasteiger partial charge in [0.1, 0.15) is 6.04 Å². The Labute approximate surface area is 128 Å². The Kier molecular flexibility index (Phi) is 4.80. The van der Waals surface area contributed by atoms with Crippen molar-refractivity contribution < 1.29 is 18.0 Å². The molecule has 1 unspecified atom stereocenters. The predicted molar refractivity (Wildman–Crippen MR) is 77.9 cm³/mol. The normalized spacial score (nSPS) is 20.0. The smallest absolute Gasteiger partial charge is 0.288 e. The molecule has 1 saturated heterocycles. The maximum Gasteiger partial charge on any atom is 0.405 e. The third-order valence-corrected chi connectivity index (χ3v) is 3.97. The number of alkyl halides is 3. The molecule has 1 atom stereocenters. The van der Waals surface area contributed by atoms with Crippen LogP contribution in [0.4, 0.5) is 13.2 Å². The fourth-order valence-electron chi connectivity index (χ4n) is 2.89. The van der Waals surface area contributed by atoms with Crippen LogP contribution in [0.3, 0.4) is 0 Å². The Morgan fingerprint density at radius 3 is 2.41 bits per heavy atom. The van der Waals surface area contributed by atoms with E-state index >= 15 is 0 Å². The molecule has 3 nitrogen and oxygen atoms in total. The third kappa shape index (κ3) is 4.00. The molecule has 1 aromatic rings. The fraction of sp³-hybridized carbons (Fsp3) is 0.562. The molecule has 1 fully saturated rings. The highest BCUT2D eigenvalue weighted by atomic mass is 19.4. The Hall–Kier alpha value is -1.56. The summed E-state index contributed by atoms with van der Waals surface area (Å²) < 4.78 is 40.1. The second-order valence-corrected chi connectivity index (χ2v) is 6.33. The second-order valence-electron chi connectivity index (χ2n) is 6.33. The Morgan fingerprint density at radius 1 is 1.27 bits per heavy atom. The molecule has 0 saturated carbocycles. The summed E-state index contributed by atoms with van der Waals surface area (Å²) in [6.07, 6.45) is -3.32. The van der Waals surface area contributed by atoms with Crippen LogP contribution in [0.2, 0.25) is 0 Å². The van der Waals surface area contributed by atoms with Crippen molar-refractivity contribution in [2.24, 2.45) is 0 Å². The van der Waals surface area contributed by atoms with Gasteiger partial charge >= 0.3 is 6.18 Å². The van der Waals surface area contributed by atoms with Gasteiger partial charge in [-0.3, -0.25) is 10.2 Å². The van der Waals surface area contributed by atoms with Crippen LogP contribution in [0.25, 0.3) is 0 Å². The summed E-state index contributed by atoms with van der Waals surface area (Å²) in [7, 11) is 0. The number of nitrogens with zero attached hydrogens (tertiary/aromatic N) is 1. The van der Waals surface area contributed by atoms with Crippen molar-refractivity contribution >= 4 is 5.91 Å². The van der Waals surface area contributed by atoms with Gasteiger partial charge in [-0.2, -0.15) is 13.2 Å². The summed E-state index contributed by atoms with van der Waals surface area (Å²) in [6.45, 7) is 3.31. The number of hydrogen-bond acceptors (Lipinski definition) is 2. The van der Waals surface area contributed by atoms with E-state index in [1.165, 1.54) is 0 Å². The van der Waals surface area contributed by atoms with Crippen LogP contribution >= 0.6 is 0 Å². The summed E-state index contributed by atoms with van der Waals surface area (Å²) >= 11 is 0. The van der Waals surface area contributed by atoms with Crippen molar-refractivity contribution in [2.75, 3.05) is 0 Å². The number of hydrogen-bond donors (Lipinski definition) is 1. The van der Waals surface area contributed by atoms with Crippen LogP contribution in [-0.4, -0.2) is 28.7 Å². The van der Waals surface area contributed by atoms with Crippen molar-refractivity contribution in [3.8, 4) is 0 Å². The monoisotopic (exact) mass is 314 g/mol. The minimum atomic E-state index is -4.37.